The van der Waals surface area contributed by atoms with Gasteiger partial charge in [-0.25, -0.2) is 4.98 Å². The van der Waals surface area contributed by atoms with Crippen LogP contribution < -0.4 is 11.1 Å². The van der Waals surface area contributed by atoms with E-state index in [0.29, 0.717) is 13.1 Å². The number of rotatable bonds is 5. The van der Waals surface area contributed by atoms with E-state index in [-0.39, 0.29) is 29.8 Å². The van der Waals surface area contributed by atoms with Crippen molar-refractivity contribution in [3.8, 4) is 0 Å². The molecule has 1 atom stereocenters. The molecule has 1 aliphatic heterocycles. The molecule has 0 spiro atoms. The molecular formula is C15H24N4O2S. The van der Waals surface area contributed by atoms with Crippen molar-refractivity contribution in [2.75, 3.05) is 19.6 Å². The standard InChI is InChI=1S/C15H24N4O2S/c1-10-9-22-14(18-10)15(2,3)17-7-12(20)19-6-4-5-11(8-19)13(16)21/h9,11,17H,4-8H2,1-3H3,(H2,16,21)/t11-/m1/s1. The third kappa shape index (κ3) is 4.04. The number of primary amides is 1. The highest BCUT2D eigenvalue weighted by Crippen LogP contribution is 2.23. The maximum absolute atomic E-state index is 12.3. The first-order valence-corrected chi connectivity index (χ1v) is 8.42. The van der Waals surface area contributed by atoms with Crippen LogP contribution in [0.25, 0.3) is 0 Å². The summed E-state index contributed by atoms with van der Waals surface area (Å²) in [7, 11) is 0. The zero-order valence-corrected chi connectivity index (χ0v) is 14.2. The second-order valence-electron chi connectivity index (χ2n) is 6.35. The third-order valence-corrected chi connectivity index (χ3v) is 5.30. The average molecular weight is 324 g/mol. The number of carbonyl (C=O) groups is 2. The van der Waals surface area contributed by atoms with Gasteiger partial charge in [-0.1, -0.05) is 0 Å². The number of hydrogen-bond acceptors (Lipinski definition) is 5. The number of nitrogens with two attached hydrogens (primary N) is 1. The predicted octanol–water partition coefficient (Wildman–Crippen LogP) is 1.00. The average Bonchev–Trinajstić information content (AvgIpc) is 2.92. The van der Waals surface area contributed by atoms with Crippen molar-refractivity contribution in [2.45, 2.75) is 39.2 Å². The number of piperidine rings is 1. The Balaban J connectivity index is 1.90. The number of thiazole rings is 1. The van der Waals surface area contributed by atoms with Crippen molar-refractivity contribution in [1.29, 1.82) is 0 Å². The second kappa shape index (κ2) is 6.75. The molecule has 2 rings (SSSR count). The van der Waals surface area contributed by atoms with Crippen LogP contribution in [0.5, 0.6) is 0 Å². The lowest BCUT2D eigenvalue weighted by atomic mass is 9.97. The van der Waals surface area contributed by atoms with Crippen molar-refractivity contribution in [3.05, 3.63) is 16.1 Å². The highest BCUT2D eigenvalue weighted by molar-refractivity contribution is 7.09. The summed E-state index contributed by atoms with van der Waals surface area (Å²) in [4.78, 5) is 29.8. The van der Waals surface area contributed by atoms with Crippen molar-refractivity contribution in [2.24, 2.45) is 11.7 Å². The van der Waals surface area contributed by atoms with Gasteiger partial charge < -0.3 is 10.6 Å². The molecule has 7 heteroatoms. The minimum absolute atomic E-state index is 0.00676. The molecule has 6 nitrogen and oxygen atoms in total. The molecular weight excluding hydrogens is 300 g/mol. The summed E-state index contributed by atoms with van der Waals surface area (Å²) >= 11 is 1.59. The van der Waals surface area contributed by atoms with E-state index >= 15 is 0 Å². The molecule has 0 bridgehead atoms. The zero-order valence-electron chi connectivity index (χ0n) is 13.4. The van der Waals surface area contributed by atoms with Crippen molar-refractivity contribution in [3.63, 3.8) is 0 Å². The highest BCUT2D eigenvalue weighted by Gasteiger charge is 2.29. The van der Waals surface area contributed by atoms with E-state index < -0.39 is 0 Å². The molecule has 0 aliphatic carbocycles. The molecule has 0 saturated carbocycles. The first-order valence-electron chi connectivity index (χ1n) is 7.54. The normalized spacial score (nSPS) is 19.2. The summed E-state index contributed by atoms with van der Waals surface area (Å²) in [5, 5.41) is 6.24. The lowest BCUT2D eigenvalue weighted by Crippen LogP contribution is -2.49. The van der Waals surface area contributed by atoms with Gasteiger partial charge in [-0.3, -0.25) is 14.9 Å². The Morgan fingerprint density at radius 3 is 2.86 bits per heavy atom. The molecule has 0 radical (unpaired) electrons. The number of aryl methyl sites for hydroxylation is 1. The summed E-state index contributed by atoms with van der Waals surface area (Å²) in [5.74, 6) is -0.524. The molecule has 2 heterocycles. The number of aromatic nitrogens is 1. The monoisotopic (exact) mass is 324 g/mol. The number of nitrogens with one attached hydrogen (secondary N) is 1. The van der Waals surface area contributed by atoms with Crippen LogP contribution in [0.3, 0.4) is 0 Å². The van der Waals surface area contributed by atoms with Gasteiger partial charge in [-0.2, -0.15) is 0 Å². The van der Waals surface area contributed by atoms with E-state index in [1.807, 2.05) is 26.2 Å². The first kappa shape index (κ1) is 16.9. The van der Waals surface area contributed by atoms with E-state index in [1.54, 1.807) is 16.2 Å². The van der Waals surface area contributed by atoms with Gasteiger partial charge in [-0.15, -0.1) is 11.3 Å². The Morgan fingerprint density at radius 1 is 1.55 bits per heavy atom. The minimum Gasteiger partial charge on any atom is -0.369 e. The molecule has 1 aromatic rings. The van der Waals surface area contributed by atoms with Crippen molar-refractivity contribution < 1.29 is 9.59 Å². The van der Waals surface area contributed by atoms with Gasteiger partial charge in [0.05, 0.1) is 18.0 Å². The Hall–Kier alpha value is -1.47. The van der Waals surface area contributed by atoms with Gasteiger partial charge in [0.1, 0.15) is 5.01 Å². The van der Waals surface area contributed by atoms with E-state index in [9.17, 15) is 9.59 Å². The van der Waals surface area contributed by atoms with Crippen LogP contribution in [-0.2, 0) is 15.1 Å². The molecule has 22 heavy (non-hydrogen) atoms. The van der Waals surface area contributed by atoms with E-state index in [4.69, 9.17) is 5.73 Å². The van der Waals surface area contributed by atoms with Crippen LogP contribution in [0.15, 0.2) is 5.38 Å². The SMILES string of the molecule is Cc1csc(C(C)(C)NCC(=O)N2CCC[C@@H](C(N)=O)C2)n1. The quantitative estimate of drug-likeness (QED) is 0.846. The Bertz CT molecular complexity index is 555. The summed E-state index contributed by atoms with van der Waals surface area (Å²) in [6, 6.07) is 0. The minimum atomic E-state index is -0.354. The first-order chi connectivity index (χ1) is 10.3. The highest BCUT2D eigenvalue weighted by atomic mass is 32.1. The molecule has 3 N–H and O–H groups in total. The maximum Gasteiger partial charge on any atom is 0.236 e. The molecule has 1 saturated heterocycles. The molecule has 1 aromatic heterocycles. The van der Waals surface area contributed by atoms with Gasteiger partial charge in [-0.05, 0) is 33.6 Å². The van der Waals surface area contributed by atoms with Crippen molar-refractivity contribution in [1.82, 2.24) is 15.2 Å². The number of hydrogen-bond donors (Lipinski definition) is 2. The molecule has 2 amide bonds. The number of carbonyl (C=O) groups excluding carboxylic acids is 2. The Morgan fingerprint density at radius 2 is 2.27 bits per heavy atom. The molecule has 0 unspecified atom stereocenters. The summed E-state index contributed by atoms with van der Waals surface area (Å²) < 4.78 is 0. The predicted molar refractivity (Wildman–Crippen MR) is 86.4 cm³/mol. The van der Waals surface area contributed by atoms with E-state index in [1.165, 1.54) is 0 Å². The lowest BCUT2D eigenvalue weighted by molar-refractivity contribution is -0.134. The van der Waals surface area contributed by atoms with Crippen LogP contribution in [-0.4, -0.2) is 41.3 Å². The maximum atomic E-state index is 12.3. The van der Waals surface area contributed by atoms with Gasteiger partial charge in [0.2, 0.25) is 11.8 Å². The molecule has 1 fully saturated rings. The Labute approximate surface area is 135 Å². The topological polar surface area (TPSA) is 88.3 Å². The summed E-state index contributed by atoms with van der Waals surface area (Å²) in [5.41, 5.74) is 5.99. The fourth-order valence-electron chi connectivity index (χ4n) is 2.56. The lowest BCUT2D eigenvalue weighted by Gasteiger charge is -2.32. The van der Waals surface area contributed by atoms with Crippen LogP contribution in [0.2, 0.25) is 0 Å². The van der Waals surface area contributed by atoms with Gasteiger partial charge in [0, 0.05) is 24.2 Å². The number of likely N-dealkylation sites (tertiary alicyclic amines) is 1. The van der Waals surface area contributed by atoms with Gasteiger partial charge in [0.25, 0.3) is 0 Å². The number of nitrogens with zero attached hydrogens (tertiary/aromatic N) is 2. The van der Waals surface area contributed by atoms with Crippen LogP contribution in [0.1, 0.15) is 37.4 Å². The summed E-state index contributed by atoms with van der Waals surface area (Å²) in [6.45, 7) is 7.35. The second-order valence-corrected chi connectivity index (χ2v) is 7.21. The van der Waals surface area contributed by atoms with Crippen molar-refractivity contribution >= 4 is 23.2 Å². The smallest absolute Gasteiger partial charge is 0.236 e. The van der Waals surface area contributed by atoms with E-state index in [0.717, 1.165) is 23.5 Å². The molecule has 1 aliphatic rings. The Kier molecular flexibility index (Phi) is 5.18. The summed E-state index contributed by atoms with van der Waals surface area (Å²) in [6.07, 6.45) is 1.60. The largest absolute Gasteiger partial charge is 0.369 e. The third-order valence-electron chi connectivity index (χ3n) is 4.01. The van der Waals surface area contributed by atoms with Crippen LogP contribution in [0.4, 0.5) is 0 Å². The van der Waals surface area contributed by atoms with Gasteiger partial charge in [0.15, 0.2) is 0 Å². The van der Waals surface area contributed by atoms with Gasteiger partial charge >= 0.3 is 0 Å². The number of amides is 2. The van der Waals surface area contributed by atoms with Crippen LogP contribution in [0, 0.1) is 12.8 Å². The molecule has 0 aromatic carbocycles. The zero-order chi connectivity index (χ0) is 16.3. The van der Waals surface area contributed by atoms with Crippen LogP contribution >= 0.6 is 11.3 Å². The van der Waals surface area contributed by atoms with E-state index in [2.05, 4.69) is 10.3 Å². The molecule has 122 valence electrons. The fourth-order valence-corrected chi connectivity index (χ4v) is 3.46. The fraction of sp³-hybridized carbons (Fsp3) is 0.667.